The van der Waals surface area contributed by atoms with E-state index in [1.807, 2.05) is 11.6 Å². The quantitative estimate of drug-likeness (QED) is 0.899. The monoisotopic (exact) mass is 328 g/mol. The number of aromatic nitrogens is 1. The van der Waals surface area contributed by atoms with E-state index in [1.54, 1.807) is 23.5 Å². The van der Waals surface area contributed by atoms with E-state index in [-0.39, 0.29) is 5.82 Å². The highest BCUT2D eigenvalue weighted by molar-refractivity contribution is 9.10. The summed E-state index contributed by atoms with van der Waals surface area (Å²) in [6.07, 6.45) is 1.82. The molecule has 96 valence electrons. The van der Waals surface area contributed by atoms with E-state index in [0.717, 1.165) is 21.6 Å². The Labute approximate surface area is 118 Å². The molecule has 1 heterocycles. The van der Waals surface area contributed by atoms with Gasteiger partial charge in [-0.05, 0) is 23.8 Å². The van der Waals surface area contributed by atoms with Crippen LogP contribution in [0.2, 0.25) is 0 Å². The zero-order valence-corrected chi connectivity index (χ0v) is 12.4. The summed E-state index contributed by atoms with van der Waals surface area (Å²) in [5.41, 5.74) is 0.932. The first-order valence-electron chi connectivity index (χ1n) is 5.71. The Morgan fingerprint density at radius 3 is 3.06 bits per heavy atom. The van der Waals surface area contributed by atoms with Gasteiger partial charge in [-0.3, -0.25) is 0 Å². The summed E-state index contributed by atoms with van der Waals surface area (Å²) in [6, 6.07) is 4.73. The minimum absolute atomic E-state index is 0.206. The summed E-state index contributed by atoms with van der Waals surface area (Å²) in [4.78, 5) is 4.28. The Morgan fingerprint density at radius 2 is 2.33 bits per heavy atom. The van der Waals surface area contributed by atoms with Crippen molar-refractivity contribution in [2.75, 3.05) is 6.54 Å². The number of halogens is 2. The Hall–Kier alpha value is -0.780. The molecule has 0 fully saturated rings. The maximum Gasteiger partial charge on any atom is 0.123 e. The van der Waals surface area contributed by atoms with Gasteiger partial charge < -0.3 is 5.32 Å². The molecule has 0 amide bonds. The van der Waals surface area contributed by atoms with Gasteiger partial charge in [-0.1, -0.05) is 22.9 Å². The zero-order valence-electron chi connectivity index (χ0n) is 9.99. The number of nitrogens with one attached hydrogen (secondary N) is 1. The summed E-state index contributed by atoms with van der Waals surface area (Å²) < 4.78 is 14.0. The van der Waals surface area contributed by atoms with Crippen LogP contribution in [-0.2, 0) is 6.54 Å². The van der Waals surface area contributed by atoms with Crippen LogP contribution >= 0.6 is 27.3 Å². The van der Waals surface area contributed by atoms with Gasteiger partial charge in [-0.2, -0.15) is 0 Å². The zero-order chi connectivity index (χ0) is 13.0. The van der Waals surface area contributed by atoms with E-state index in [1.165, 1.54) is 6.07 Å². The van der Waals surface area contributed by atoms with Crippen molar-refractivity contribution in [3.8, 4) is 0 Å². The fourth-order valence-electron chi connectivity index (χ4n) is 1.67. The van der Waals surface area contributed by atoms with Gasteiger partial charge >= 0.3 is 0 Å². The lowest BCUT2D eigenvalue weighted by molar-refractivity contribution is 0.600. The Morgan fingerprint density at radius 1 is 1.50 bits per heavy atom. The largest absolute Gasteiger partial charge is 0.312 e. The molecule has 0 aliphatic heterocycles. The third-order valence-electron chi connectivity index (χ3n) is 2.65. The van der Waals surface area contributed by atoms with Crippen LogP contribution in [0, 0.1) is 5.82 Å². The van der Waals surface area contributed by atoms with Crippen molar-refractivity contribution in [2.24, 2.45) is 0 Å². The molecule has 0 saturated carbocycles. The molecule has 0 aliphatic rings. The number of hydrogen-bond acceptors (Lipinski definition) is 3. The molecule has 1 atom stereocenters. The van der Waals surface area contributed by atoms with Crippen LogP contribution in [0.25, 0.3) is 0 Å². The lowest BCUT2D eigenvalue weighted by atomic mass is 10.2. The summed E-state index contributed by atoms with van der Waals surface area (Å²) in [7, 11) is 0. The van der Waals surface area contributed by atoms with Gasteiger partial charge in [0.05, 0.1) is 5.01 Å². The molecule has 1 unspecified atom stereocenters. The smallest absolute Gasteiger partial charge is 0.123 e. The molecular weight excluding hydrogens is 315 g/mol. The van der Waals surface area contributed by atoms with Crippen molar-refractivity contribution in [2.45, 2.75) is 19.4 Å². The number of nitrogens with zero attached hydrogens (tertiary/aromatic N) is 1. The summed E-state index contributed by atoms with van der Waals surface area (Å²) in [5, 5.41) is 6.43. The second kappa shape index (κ2) is 6.41. The summed E-state index contributed by atoms with van der Waals surface area (Å²) in [6.45, 7) is 3.61. The van der Waals surface area contributed by atoms with Gasteiger partial charge in [-0.25, -0.2) is 9.37 Å². The van der Waals surface area contributed by atoms with Crippen LogP contribution in [0.15, 0.2) is 34.2 Å². The SMILES string of the molecule is CC(CNCc1cc(F)ccc1Br)c1nccs1. The summed E-state index contributed by atoms with van der Waals surface area (Å²) in [5.74, 6) is 0.167. The van der Waals surface area contributed by atoms with Gasteiger partial charge in [0.25, 0.3) is 0 Å². The molecule has 18 heavy (non-hydrogen) atoms. The van der Waals surface area contributed by atoms with Crippen molar-refractivity contribution in [1.29, 1.82) is 0 Å². The molecule has 0 bridgehead atoms. The lowest BCUT2D eigenvalue weighted by Gasteiger charge is -2.11. The number of rotatable bonds is 5. The van der Waals surface area contributed by atoms with Crippen molar-refractivity contribution in [3.05, 3.63) is 50.6 Å². The Balaban J connectivity index is 1.87. The highest BCUT2D eigenvalue weighted by atomic mass is 79.9. The minimum Gasteiger partial charge on any atom is -0.312 e. The Kier molecular flexibility index (Phi) is 4.86. The Bertz CT molecular complexity index is 502. The first-order valence-corrected chi connectivity index (χ1v) is 7.38. The second-order valence-electron chi connectivity index (χ2n) is 4.14. The van der Waals surface area contributed by atoms with Gasteiger partial charge in [0.1, 0.15) is 5.82 Å². The molecule has 0 saturated heterocycles. The van der Waals surface area contributed by atoms with E-state index in [0.29, 0.717) is 12.5 Å². The van der Waals surface area contributed by atoms with Gasteiger partial charge in [0, 0.05) is 35.1 Å². The van der Waals surface area contributed by atoms with Gasteiger partial charge in [0.15, 0.2) is 0 Å². The predicted molar refractivity (Wildman–Crippen MR) is 76.3 cm³/mol. The minimum atomic E-state index is -0.206. The molecular formula is C13H14BrFN2S. The van der Waals surface area contributed by atoms with Crippen molar-refractivity contribution < 1.29 is 4.39 Å². The van der Waals surface area contributed by atoms with Crippen molar-refractivity contribution in [3.63, 3.8) is 0 Å². The number of hydrogen-bond donors (Lipinski definition) is 1. The molecule has 1 aromatic heterocycles. The average Bonchev–Trinajstić information content (AvgIpc) is 2.87. The van der Waals surface area contributed by atoms with Crippen LogP contribution in [-0.4, -0.2) is 11.5 Å². The number of benzene rings is 1. The first kappa shape index (κ1) is 13.6. The fraction of sp³-hybridized carbons (Fsp3) is 0.308. The topological polar surface area (TPSA) is 24.9 Å². The second-order valence-corrected chi connectivity index (χ2v) is 5.92. The molecule has 1 aromatic carbocycles. The normalized spacial score (nSPS) is 12.6. The average molecular weight is 329 g/mol. The molecule has 0 aliphatic carbocycles. The molecule has 2 rings (SSSR count). The van der Waals surface area contributed by atoms with Crippen LogP contribution in [0.5, 0.6) is 0 Å². The number of thiazole rings is 1. The van der Waals surface area contributed by atoms with E-state index in [4.69, 9.17) is 0 Å². The van der Waals surface area contributed by atoms with E-state index in [2.05, 4.69) is 33.2 Å². The standard InChI is InChI=1S/C13H14BrFN2S/c1-9(13-17-4-5-18-13)7-16-8-10-6-11(15)2-3-12(10)14/h2-6,9,16H,7-8H2,1H3. The molecule has 2 aromatic rings. The van der Waals surface area contributed by atoms with E-state index < -0.39 is 0 Å². The van der Waals surface area contributed by atoms with Crippen LogP contribution < -0.4 is 5.32 Å². The predicted octanol–water partition coefficient (Wildman–Crippen LogP) is 3.94. The molecule has 0 spiro atoms. The maximum absolute atomic E-state index is 13.1. The molecule has 5 heteroatoms. The third-order valence-corrected chi connectivity index (χ3v) is 4.43. The molecule has 1 N–H and O–H groups in total. The van der Waals surface area contributed by atoms with Gasteiger partial charge in [0.2, 0.25) is 0 Å². The summed E-state index contributed by atoms with van der Waals surface area (Å²) >= 11 is 5.08. The highest BCUT2D eigenvalue weighted by Crippen LogP contribution is 2.19. The van der Waals surface area contributed by atoms with Crippen molar-refractivity contribution >= 4 is 27.3 Å². The lowest BCUT2D eigenvalue weighted by Crippen LogP contribution is -2.19. The van der Waals surface area contributed by atoms with Crippen LogP contribution in [0.3, 0.4) is 0 Å². The first-order chi connectivity index (χ1) is 8.66. The van der Waals surface area contributed by atoms with E-state index >= 15 is 0 Å². The van der Waals surface area contributed by atoms with Gasteiger partial charge in [-0.15, -0.1) is 11.3 Å². The maximum atomic E-state index is 13.1. The molecule has 0 radical (unpaired) electrons. The van der Waals surface area contributed by atoms with E-state index in [9.17, 15) is 4.39 Å². The fourth-order valence-corrected chi connectivity index (χ4v) is 2.75. The highest BCUT2D eigenvalue weighted by Gasteiger charge is 2.08. The van der Waals surface area contributed by atoms with Crippen LogP contribution in [0.4, 0.5) is 4.39 Å². The van der Waals surface area contributed by atoms with Crippen LogP contribution in [0.1, 0.15) is 23.4 Å². The molecule has 2 nitrogen and oxygen atoms in total. The van der Waals surface area contributed by atoms with Crippen molar-refractivity contribution in [1.82, 2.24) is 10.3 Å². The third kappa shape index (κ3) is 3.60.